The first-order valence-corrected chi connectivity index (χ1v) is 12.9. The maximum atomic E-state index is 13.2. The van der Waals surface area contributed by atoms with Crippen LogP contribution >= 0.6 is 0 Å². The molecule has 2 aromatic rings. The average molecular weight is 444 g/mol. The molecule has 0 radical (unpaired) electrons. The third-order valence-electron chi connectivity index (χ3n) is 7.96. The van der Waals surface area contributed by atoms with Crippen molar-refractivity contribution in [3.8, 4) is 0 Å². The number of aryl methyl sites for hydroxylation is 1. The van der Waals surface area contributed by atoms with Crippen molar-refractivity contribution in [3.63, 3.8) is 0 Å². The van der Waals surface area contributed by atoms with Gasteiger partial charge in [0.1, 0.15) is 5.82 Å². The Bertz CT molecular complexity index is 1060. The van der Waals surface area contributed by atoms with Gasteiger partial charge < -0.3 is 0 Å². The molecule has 0 saturated heterocycles. The molecule has 2 aliphatic rings. The molecule has 0 amide bonds. The van der Waals surface area contributed by atoms with E-state index in [4.69, 9.17) is 0 Å². The highest BCUT2D eigenvalue weighted by Crippen LogP contribution is 2.57. The Kier molecular flexibility index (Phi) is 5.80. The minimum Gasteiger partial charge on any atom is -0.211 e. The summed E-state index contributed by atoms with van der Waals surface area (Å²) < 4.78 is 41.8. The van der Waals surface area contributed by atoms with Crippen LogP contribution in [0.5, 0.6) is 0 Å². The van der Waals surface area contributed by atoms with E-state index in [-0.39, 0.29) is 15.7 Å². The highest BCUT2D eigenvalue weighted by Gasteiger charge is 2.51. The molecule has 0 aliphatic heterocycles. The Morgan fingerprint density at radius 2 is 1.81 bits per heavy atom. The number of rotatable bonds is 5. The van der Waals surface area contributed by atoms with E-state index in [9.17, 15) is 12.8 Å². The zero-order chi connectivity index (χ0) is 22.4. The quantitative estimate of drug-likeness (QED) is 0.622. The Morgan fingerprint density at radius 1 is 1.10 bits per heavy atom. The van der Waals surface area contributed by atoms with Gasteiger partial charge in [0, 0.05) is 6.54 Å². The van der Waals surface area contributed by atoms with Gasteiger partial charge in [0.05, 0.1) is 4.90 Å². The first-order valence-electron chi connectivity index (χ1n) is 11.4. The third-order valence-corrected chi connectivity index (χ3v) is 9.38. The van der Waals surface area contributed by atoms with Crippen LogP contribution in [0.2, 0.25) is 0 Å². The zero-order valence-electron chi connectivity index (χ0n) is 19.0. The minimum atomic E-state index is -3.67. The minimum absolute atomic E-state index is 0.0623. The molecule has 2 aromatic carbocycles. The van der Waals surface area contributed by atoms with Gasteiger partial charge in [-0.2, -0.15) is 0 Å². The highest BCUT2D eigenvalue weighted by molar-refractivity contribution is 7.89. The number of nitrogens with one attached hydrogen (secondary N) is 1. The molecule has 1 fully saturated rings. The molecule has 3 nitrogen and oxygen atoms in total. The highest BCUT2D eigenvalue weighted by atomic mass is 32.2. The van der Waals surface area contributed by atoms with Crippen molar-refractivity contribution >= 4 is 10.0 Å². The lowest BCUT2D eigenvalue weighted by atomic mass is 9.49. The van der Waals surface area contributed by atoms with Crippen LogP contribution in [0.25, 0.3) is 0 Å². The predicted molar refractivity (Wildman–Crippen MR) is 123 cm³/mol. The first kappa shape index (κ1) is 22.5. The van der Waals surface area contributed by atoms with Gasteiger partial charge >= 0.3 is 0 Å². The van der Waals surface area contributed by atoms with Gasteiger partial charge in [-0.05, 0) is 89.3 Å². The van der Waals surface area contributed by atoms with Crippen molar-refractivity contribution in [2.45, 2.75) is 76.0 Å². The fraction of sp³-hybridized carbons (Fsp3) is 0.538. The van der Waals surface area contributed by atoms with E-state index in [1.165, 1.54) is 41.0 Å². The second-order valence-electron chi connectivity index (χ2n) is 10.4. The second-order valence-corrected chi connectivity index (χ2v) is 12.1. The van der Waals surface area contributed by atoms with Gasteiger partial charge in [0.15, 0.2) is 0 Å². The molecule has 0 bridgehead atoms. The Morgan fingerprint density at radius 3 is 2.48 bits per heavy atom. The van der Waals surface area contributed by atoms with Crippen LogP contribution in [-0.2, 0) is 21.9 Å². The Labute approximate surface area is 186 Å². The van der Waals surface area contributed by atoms with Crippen molar-refractivity contribution in [1.29, 1.82) is 0 Å². The van der Waals surface area contributed by atoms with Gasteiger partial charge in [0.2, 0.25) is 10.0 Å². The Hall–Kier alpha value is -1.72. The molecule has 1 saturated carbocycles. The van der Waals surface area contributed by atoms with Crippen molar-refractivity contribution < 1.29 is 12.8 Å². The van der Waals surface area contributed by atoms with Crippen LogP contribution in [0, 0.1) is 17.2 Å². The lowest BCUT2D eigenvalue weighted by Crippen LogP contribution is -2.53. The summed E-state index contributed by atoms with van der Waals surface area (Å²) in [7, 11) is -3.67. The number of benzene rings is 2. The maximum absolute atomic E-state index is 13.2. The average Bonchev–Trinajstić information content (AvgIpc) is 2.72. The maximum Gasteiger partial charge on any atom is 0.240 e. The monoisotopic (exact) mass is 443 g/mol. The van der Waals surface area contributed by atoms with Gasteiger partial charge in [0.25, 0.3) is 0 Å². The lowest BCUT2D eigenvalue weighted by molar-refractivity contribution is 0.0298. The fourth-order valence-electron chi connectivity index (χ4n) is 6.14. The molecule has 0 unspecified atom stereocenters. The SMILES string of the molecule is CC(C)c1ccc2c(c1)[C@]1(C)CCC[C@](C)(CNS(=O)(=O)c3ccc(F)cc3)[C@@H]1CC2. The summed E-state index contributed by atoms with van der Waals surface area (Å²) in [5.41, 5.74) is 4.25. The second kappa shape index (κ2) is 8.00. The predicted octanol–water partition coefficient (Wildman–Crippen LogP) is 5.94. The molecule has 0 spiro atoms. The van der Waals surface area contributed by atoms with Crippen LogP contribution in [0.3, 0.4) is 0 Å². The summed E-state index contributed by atoms with van der Waals surface area (Å²) >= 11 is 0. The van der Waals surface area contributed by atoms with Gasteiger partial charge in [-0.25, -0.2) is 17.5 Å². The van der Waals surface area contributed by atoms with Crippen molar-refractivity contribution in [1.82, 2.24) is 4.72 Å². The van der Waals surface area contributed by atoms with Gasteiger partial charge in [-0.15, -0.1) is 0 Å². The van der Waals surface area contributed by atoms with Crippen molar-refractivity contribution in [2.75, 3.05) is 6.54 Å². The van der Waals surface area contributed by atoms with Crippen molar-refractivity contribution in [3.05, 3.63) is 65.0 Å². The summed E-state index contributed by atoms with van der Waals surface area (Å²) in [6.07, 6.45) is 5.38. The largest absolute Gasteiger partial charge is 0.240 e. The van der Waals surface area contributed by atoms with E-state index in [2.05, 4.69) is 50.6 Å². The van der Waals surface area contributed by atoms with Crippen LogP contribution in [0.15, 0.2) is 47.4 Å². The van der Waals surface area contributed by atoms with Crippen molar-refractivity contribution in [2.24, 2.45) is 11.3 Å². The van der Waals surface area contributed by atoms with Crippen LogP contribution < -0.4 is 4.72 Å². The molecule has 0 aromatic heterocycles. The number of hydrogen-bond donors (Lipinski definition) is 1. The summed E-state index contributed by atoms with van der Waals surface area (Å²) in [5.74, 6) is 0.474. The number of sulfonamides is 1. The Balaban J connectivity index is 1.61. The molecule has 5 heteroatoms. The summed E-state index contributed by atoms with van der Waals surface area (Å²) in [6.45, 7) is 9.52. The topological polar surface area (TPSA) is 46.2 Å². The fourth-order valence-corrected chi connectivity index (χ4v) is 7.32. The van der Waals surface area contributed by atoms with E-state index < -0.39 is 15.8 Å². The van der Waals surface area contributed by atoms with E-state index in [0.29, 0.717) is 18.4 Å². The molecule has 31 heavy (non-hydrogen) atoms. The molecular formula is C26H34FNO2S. The van der Waals surface area contributed by atoms with Crippen LogP contribution in [-0.4, -0.2) is 15.0 Å². The molecule has 2 aliphatic carbocycles. The normalized spacial score (nSPS) is 28.3. The van der Waals surface area contributed by atoms with Crippen LogP contribution in [0.4, 0.5) is 4.39 Å². The third kappa shape index (κ3) is 4.07. The zero-order valence-corrected chi connectivity index (χ0v) is 19.9. The number of hydrogen-bond acceptors (Lipinski definition) is 2. The molecule has 3 atom stereocenters. The smallest absolute Gasteiger partial charge is 0.211 e. The van der Waals surface area contributed by atoms with E-state index in [0.717, 1.165) is 32.1 Å². The molecule has 1 N–H and O–H groups in total. The molecule has 4 rings (SSSR count). The lowest BCUT2D eigenvalue weighted by Gasteiger charge is -2.55. The van der Waals surface area contributed by atoms with Gasteiger partial charge in [-0.1, -0.05) is 52.3 Å². The molecular weight excluding hydrogens is 409 g/mol. The molecule has 168 valence electrons. The van der Waals surface area contributed by atoms with Crippen LogP contribution in [0.1, 0.15) is 76.0 Å². The van der Waals surface area contributed by atoms with E-state index in [1.54, 1.807) is 0 Å². The first-order chi connectivity index (χ1) is 14.6. The van der Waals surface area contributed by atoms with E-state index >= 15 is 0 Å². The van der Waals surface area contributed by atoms with Gasteiger partial charge in [-0.3, -0.25) is 0 Å². The molecule has 0 heterocycles. The number of fused-ring (bicyclic) bond motifs is 3. The standard InChI is InChI=1S/C26H34FNO2S/c1-18(2)20-7-6-19-8-13-24-25(3,14-5-15-26(24,4)23(19)16-20)17-28-31(29,30)22-11-9-21(27)10-12-22/h6-7,9-12,16,18,24,28H,5,8,13-15,17H2,1-4H3/t24-,25+,26-/m0/s1. The summed E-state index contributed by atoms with van der Waals surface area (Å²) in [5, 5.41) is 0. The summed E-state index contributed by atoms with van der Waals surface area (Å²) in [6, 6.07) is 12.0. The summed E-state index contributed by atoms with van der Waals surface area (Å²) in [4.78, 5) is 0.117. The van der Waals surface area contributed by atoms with E-state index in [1.807, 2.05) is 0 Å². The number of halogens is 1.